The first kappa shape index (κ1) is 23.2. The van der Waals surface area contributed by atoms with Crippen LogP contribution in [0.5, 0.6) is 17.2 Å². The number of methoxy groups -OCH3 is 2. The summed E-state index contributed by atoms with van der Waals surface area (Å²) in [6.45, 7) is 2.58. The van der Waals surface area contributed by atoms with Crippen LogP contribution in [0, 0.1) is 0 Å². The molecule has 0 fully saturated rings. The van der Waals surface area contributed by atoms with Crippen LogP contribution in [0.3, 0.4) is 0 Å². The van der Waals surface area contributed by atoms with E-state index in [9.17, 15) is 9.59 Å². The molecule has 0 aliphatic heterocycles. The summed E-state index contributed by atoms with van der Waals surface area (Å²) in [7, 11) is 3.08. The lowest BCUT2D eigenvalue weighted by Crippen LogP contribution is -2.24. The molecule has 0 unspecified atom stereocenters. The number of rotatable bonds is 10. The van der Waals surface area contributed by atoms with Gasteiger partial charge in [0.15, 0.2) is 11.5 Å². The zero-order valence-electron chi connectivity index (χ0n) is 17.0. The zero-order chi connectivity index (χ0) is 21.9. The van der Waals surface area contributed by atoms with Crippen molar-refractivity contribution in [1.82, 2.24) is 5.43 Å². The minimum absolute atomic E-state index is 0.370. The molecule has 0 aromatic heterocycles. The second-order valence-corrected chi connectivity index (χ2v) is 6.99. The summed E-state index contributed by atoms with van der Waals surface area (Å²) in [4.78, 5) is 24.0. The van der Waals surface area contributed by atoms with Crippen LogP contribution < -0.4 is 25.0 Å². The topological polar surface area (TPSA) is 98.2 Å². The molecule has 0 bridgehead atoms. The maximum atomic E-state index is 12.0. The maximum Gasteiger partial charge on any atom is 0.249 e. The molecule has 30 heavy (non-hydrogen) atoms. The van der Waals surface area contributed by atoms with Gasteiger partial charge in [-0.15, -0.1) is 0 Å². The number of ether oxygens (including phenoxy) is 3. The van der Waals surface area contributed by atoms with E-state index in [1.807, 2.05) is 6.92 Å². The molecule has 0 saturated carbocycles. The van der Waals surface area contributed by atoms with Crippen LogP contribution >= 0.6 is 15.9 Å². The van der Waals surface area contributed by atoms with Crippen molar-refractivity contribution < 1.29 is 23.8 Å². The van der Waals surface area contributed by atoms with E-state index in [0.717, 1.165) is 6.42 Å². The van der Waals surface area contributed by atoms with E-state index in [-0.39, 0.29) is 6.42 Å². The number of benzene rings is 2. The van der Waals surface area contributed by atoms with Gasteiger partial charge in [-0.05, 0) is 52.2 Å². The fourth-order valence-electron chi connectivity index (χ4n) is 2.43. The zero-order valence-corrected chi connectivity index (χ0v) is 18.6. The SMILES string of the molecule is CCCOc1c(Br)cc(C=NNC(=O)CC(=O)Nc2cccc(OC)c2)cc1OC. The van der Waals surface area contributed by atoms with Crippen molar-refractivity contribution in [1.29, 1.82) is 0 Å². The van der Waals surface area contributed by atoms with E-state index in [0.29, 0.717) is 39.6 Å². The number of amides is 2. The van der Waals surface area contributed by atoms with Gasteiger partial charge in [-0.25, -0.2) is 5.43 Å². The third-order valence-electron chi connectivity index (χ3n) is 3.78. The van der Waals surface area contributed by atoms with Crippen LogP contribution in [0.15, 0.2) is 46.0 Å². The van der Waals surface area contributed by atoms with Gasteiger partial charge in [0.05, 0.1) is 31.5 Å². The van der Waals surface area contributed by atoms with E-state index < -0.39 is 11.8 Å². The number of hydrazone groups is 1. The highest BCUT2D eigenvalue weighted by Crippen LogP contribution is 2.36. The Kier molecular flexibility index (Phi) is 9.14. The number of carbonyl (C=O) groups excluding carboxylic acids is 2. The fourth-order valence-corrected chi connectivity index (χ4v) is 3.00. The van der Waals surface area contributed by atoms with E-state index in [1.54, 1.807) is 43.5 Å². The highest BCUT2D eigenvalue weighted by Gasteiger charge is 2.12. The first-order chi connectivity index (χ1) is 14.5. The minimum Gasteiger partial charge on any atom is -0.497 e. The standard InChI is InChI=1S/C21H24BrN3O5/c1-4-8-30-21-17(22)9-14(10-18(21)29-3)13-23-25-20(27)12-19(26)24-15-6-5-7-16(11-15)28-2/h5-7,9-11,13H,4,8,12H2,1-3H3,(H,24,26)(H,25,27). The van der Waals surface area contributed by atoms with Crippen LogP contribution in [-0.4, -0.2) is 38.9 Å². The van der Waals surface area contributed by atoms with Gasteiger partial charge < -0.3 is 19.5 Å². The van der Waals surface area contributed by atoms with Crippen molar-refractivity contribution in [2.24, 2.45) is 5.10 Å². The van der Waals surface area contributed by atoms with Gasteiger partial charge in [0, 0.05) is 11.8 Å². The Morgan fingerprint density at radius 3 is 2.63 bits per heavy atom. The molecule has 0 saturated heterocycles. The summed E-state index contributed by atoms with van der Waals surface area (Å²) in [5.41, 5.74) is 3.56. The number of halogens is 1. The fraction of sp³-hybridized carbons (Fsp3) is 0.286. The molecule has 2 rings (SSSR count). The predicted octanol–water partition coefficient (Wildman–Crippen LogP) is 3.73. The molecule has 160 valence electrons. The van der Waals surface area contributed by atoms with Gasteiger partial charge in [-0.3, -0.25) is 9.59 Å². The summed E-state index contributed by atoms with van der Waals surface area (Å²) < 4.78 is 16.8. The number of nitrogens with one attached hydrogen (secondary N) is 2. The summed E-state index contributed by atoms with van der Waals surface area (Å²) in [5, 5.41) is 6.53. The number of hydrogen-bond acceptors (Lipinski definition) is 6. The Bertz CT molecular complexity index is 918. The molecule has 2 aromatic rings. The Labute approximate surface area is 183 Å². The van der Waals surface area contributed by atoms with Gasteiger partial charge in [-0.1, -0.05) is 13.0 Å². The summed E-state index contributed by atoms with van der Waals surface area (Å²) in [5.74, 6) is 0.755. The van der Waals surface area contributed by atoms with E-state index >= 15 is 0 Å². The van der Waals surface area contributed by atoms with E-state index in [1.165, 1.54) is 13.3 Å². The Morgan fingerprint density at radius 2 is 1.93 bits per heavy atom. The average molecular weight is 478 g/mol. The normalized spacial score (nSPS) is 10.5. The molecule has 2 N–H and O–H groups in total. The van der Waals surface area contributed by atoms with Gasteiger partial charge in [0.1, 0.15) is 12.2 Å². The quantitative estimate of drug-likeness (QED) is 0.308. The molecule has 0 aliphatic rings. The molecule has 0 radical (unpaired) electrons. The Hall–Kier alpha value is -3.07. The third kappa shape index (κ3) is 7.07. The molecular weight excluding hydrogens is 454 g/mol. The molecule has 0 aliphatic carbocycles. The van der Waals surface area contributed by atoms with Crippen molar-refractivity contribution >= 4 is 39.6 Å². The van der Waals surface area contributed by atoms with Gasteiger partial charge >= 0.3 is 0 Å². The van der Waals surface area contributed by atoms with Gasteiger partial charge in [0.2, 0.25) is 11.8 Å². The number of anilines is 1. The molecule has 2 aromatic carbocycles. The molecule has 0 spiro atoms. The molecule has 9 heteroatoms. The minimum atomic E-state index is -0.541. The van der Waals surface area contributed by atoms with E-state index in [2.05, 4.69) is 31.8 Å². The molecule has 0 atom stereocenters. The van der Waals surface area contributed by atoms with Crippen LogP contribution in [0.1, 0.15) is 25.3 Å². The largest absolute Gasteiger partial charge is 0.497 e. The highest BCUT2D eigenvalue weighted by atomic mass is 79.9. The number of nitrogens with zero attached hydrogens (tertiary/aromatic N) is 1. The van der Waals surface area contributed by atoms with Crippen molar-refractivity contribution in [3.8, 4) is 17.2 Å². The van der Waals surface area contributed by atoms with Crippen molar-refractivity contribution in [3.05, 3.63) is 46.4 Å². The smallest absolute Gasteiger partial charge is 0.249 e. The lowest BCUT2D eigenvalue weighted by atomic mass is 10.2. The average Bonchev–Trinajstić information content (AvgIpc) is 2.72. The molecule has 8 nitrogen and oxygen atoms in total. The number of carbonyl (C=O) groups is 2. The second-order valence-electron chi connectivity index (χ2n) is 6.13. The Balaban J connectivity index is 1.92. The van der Waals surface area contributed by atoms with Crippen LogP contribution in [-0.2, 0) is 9.59 Å². The molecule has 2 amide bonds. The first-order valence-electron chi connectivity index (χ1n) is 9.23. The lowest BCUT2D eigenvalue weighted by Gasteiger charge is -2.12. The first-order valence-corrected chi connectivity index (χ1v) is 10.0. The van der Waals surface area contributed by atoms with Crippen LogP contribution in [0.25, 0.3) is 0 Å². The van der Waals surface area contributed by atoms with Gasteiger partial charge in [0.25, 0.3) is 0 Å². The third-order valence-corrected chi connectivity index (χ3v) is 4.37. The molecule has 0 heterocycles. The highest BCUT2D eigenvalue weighted by molar-refractivity contribution is 9.10. The number of hydrogen-bond donors (Lipinski definition) is 2. The summed E-state index contributed by atoms with van der Waals surface area (Å²) in [6, 6.07) is 10.4. The van der Waals surface area contributed by atoms with Crippen molar-refractivity contribution in [2.75, 3.05) is 26.1 Å². The van der Waals surface area contributed by atoms with Crippen molar-refractivity contribution in [2.45, 2.75) is 19.8 Å². The van der Waals surface area contributed by atoms with Gasteiger partial charge in [-0.2, -0.15) is 5.10 Å². The monoisotopic (exact) mass is 477 g/mol. The second kappa shape index (κ2) is 11.8. The molecular formula is C21H24BrN3O5. The predicted molar refractivity (Wildman–Crippen MR) is 118 cm³/mol. The van der Waals surface area contributed by atoms with E-state index in [4.69, 9.17) is 14.2 Å². The van der Waals surface area contributed by atoms with Crippen LogP contribution in [0.4, 0.5) is 5.69 Å². The maximum absolute atomic E-state index is 12.0. The Morgan fingerprint density at radius 1 is 1.13 bits per heavy atom. The van der Waals surface area contributed by atoms with Crippen molar-refractivity contribution in [3.63, 3.8) is 0 Å². The summed E-state index contributed by atoms with van der Waals surface area (Å²) >= 11 is 3.45. The lowest BCUT2D eigenvalue weighted by molar-refractivity contribution is -0.126. The summed E-state index contributed by atoms with van der Waals surface area (Å²) in [6.07, 6.45) is 1.95. The van der Waals surface area contributed by atoms with Crippen LogP contribution in [0.2, 0.25) is 0 Å².